The van der Waals surface area contributed by atoms with Crippen molar-refractivity contribution in [2.24, 2.45) is 0 Å². The molecule has 1 heterocycles. The van der Waals surface area contributed by atoms with Gasteiger partial charge in [0.15, 0.2) is 0 Å². The van der Waals surface area contributed by atoms with Crippen molar-refractivity contribution >= 4 is 34.4 Å². The van der Waals surface area contributed by atoms with Gasteiger partial charge in [-0.2, -0.15) is 4.98 Å². The van der Waals surface area contributed by atoms with Crippen LogP contribution in [0.3, 0.4) is 0 Å². The van der Waals surface area contributed by atoms with Gasteiger partial charge in [0.2, 0.25) is 5.95 Å². The first-order valence-electron chi connectivity index (χ1n) is 12.8. The van der Waals surface area contributed by atoms with Crippen LogP contribution in [0.2, 0.25) is 0 Å². The van der Waals surface area contributed by atoms with Crippen molar-refractivity contribution in [3.05, 3.63) is 53.6 Å². The average molecular weight is 475 g/mol. The van der Waals surface area contributed by atoms with Gasteiger partial charge in [0.05, 0.1) is 5.52 Å². The first-order valence-corrected chi connectivity index (χ1v) is 12.8. The Kier molecular flexibility index (Phi) is 8.06. The van der Waals surface area contributed by atoms with Crippen LogP contribution in [0.15, 0.2) is 42.5 Å². The minimum atomic E-state index is -0.126. The topological polar surface area (TPSA) is 82.2 Å². The van der Waals surface area contributed by atoms with E-state index in [9.17, 15) is 4.79 Å². The Labute approximate surface area is 208 Å². The second-order valence-electron chi connectivity index (χ2n) is 9.83. The standard InChI is InChI=1S/C28H38N6O/c1-5-6-9-20-12-17-24(19(2)18-20)32-28(35)30-22-15-13-21(14-16-22)29-27-31-25-11-8-7-10-23(25)26(33-27)34(3)4/h7-8,10-12,17-18,21-22H,5-6,9,13-16H2,1-4H3,(H,29,31,33)(H2,30,32,35)/t21-,22+. The van der Waals surface area contributed by atoms with Gasteiger partial charge in [-0.25, -0.2) is 9.78 Å². The quantitative estimate of drug-likeness (QED) is 0.379. The van der Waals surface area contributed by atoms with E-state index in [4.69, 9.17) is 9.97 Å². The number of amides is 2. The Morgan fingerprint density at radius 2 is 1.77 bits per heavy atom. The predicted molar refractivity (Wildman–Crippen MR) is 145 cm³/mol. The second-order valence-corrected chi connectivity index (χ2v) is 9.83. The first-order chi connectivity index (χ1) is 16.9. The highest BCUT2D eigenvalue weighted by molar-refractivity contribution is 5.91. The number of aromatic nitrogens is 2. The number of nitrogens with zero attached hydrogens (tertiary/aromatic N) is 3. The van der Waals surface area contributed by atoms with Gasteiger partial charge in [-0.15, -0.1) is 0 Å². The van der Waals surface area contributed by atoms with E-state index in [-0.39, 0.29) is 12.1 Å². The minimum Gasteiger partial charge on any atom is -0.362 e. The maximum atomic E-state index is 12.6. The van der Waals surface area contributed by atoms with Gasteiger partial charge in [0.1, 0.15) is 5.82 Å². The smallest absolute Gasteiger partial charge is 0.319 e. The molecule has 1 aromatic heterocycles. The third-order valence-electron chi connectivity index (χ3n) is 6.76. The second kappa shape index (κ2) is 11.4. The van der Waals surface area contributed by atoms with Crippen LogP contribution in [0.25, 0.3) is 10.9 Å². The lowest BCUT2D eigenvalue weighted by atomic mass is 9.91. The fourth-order valence-electron chi connectivity index (χ4n) is 4.78. The Morgan fingerprint density at radius 1 is 1.03 bits per heavy atom. The number of anilines is 3. The average Bonchev–Trinajstić information content (AvgIpc) is 2.85. The molecular weight excluding hydrogens is 436 g/mol. The number of aryl methyl sites for hydroxylation is 2. The molecule has 0 atom stereocenters. The molecule has 4 rings (SSSR count). The van der Waals surface area contributed by atoms with Crippen LogP contribution in [0, 0.1) is 6.92 Å². The highest BCUT2D eigenvalue weighted by Gasteiger charge is 2.23. The van der Waals surface area contributed by atoms with Gasteiger partial charge in [0.25, 0.3) is 0 Å². The molecule has 35 heavy (non-hydrogen) atoms. The fraction of sp³-hybridized carbons (Fsp3) is 0.464. The molecular formula is C28H38N6O. The van der Waals surface area contributed by atoms with Crippen molar-refractivity contribution in [2.75, 3.05) is 29.6 Å². The molecule has 3 aromatic rings. The molecule has 0 radical (unpaired) electrons. The molecule has 0 bridgehead atoms. The van der Waals surface area contributed by atoms with E-state index >= 15 is 0 Å². The molecule has 1 aliphatic carbocycles. The van der Waals surface area contributed by atoms with E-state index in [0.717, 1.165) is 60.1 Å². The van der Waals surface area contributed by atoms with Gasteiger partial charge in [-0.3, -0.25) is 0 Å². The zero-order chi connectivity index (χ0) is 24.8. The van der Waals surface area contributed by atoms with Gasteiger partial charge in [0, 0.05) is 37.3 Å². The molecule has 2 amide bonds. The Balaban J connectivity index is 1.29. The van der Waals surface area contributed by atoms with Crippen molar-refractivity contribution in [3.8, 4) is 0 Å². The number of urea groups is 1. The predicted octanol–water partition coefficient (Wildman–Crippen LogP) is 5.89. The Hall–Kier alpha value is -3.35. The lowest BCUT2D eigenvalue weighted by Crippen LogP contribution is -2.42. The summed E-state index contributed by atoms with van der Waals surface area (Å²) in [5.74, 6) is 1.58. The molecule has 0 unspecified atom stereocenters. The lowest BCUT2D eigenvalue weighted by Gasteiger charge is -2.30. The van der Waals surface area contributed by atoms with Crippen LogP contribution in [-0.4, -0.2) is 42.2 Å². The van der Waals surface area contributed by atoms with Crippen molar-refractivity contribution in [2.45, 2.75) is 70.9 Å². The molecule has 7 nitrogen and oxygen atoms in total. The van der Waals surface area contributed by atoms with Gasteiger partial charge >= 0.3 is 6.03 Å². The van der Waals surface area contributed by atoms with Gasteiger partial charge in [-0.05, 0) is 74.8 Å². The van der Waals surface area contributed by atoms with Crippen LogP contribution in [0.1, 0.15) is 56.6 Å². The van der Waals surface area contributed by atoms with Crippen LogP contribution in [-0.2, 0) is 6.42 Å². The number of hydrogen-bond donors (Lipinski definition) is 3. The van der Waals surface area contributed by atoms with Crippen molar-refractivity contribution in [1.29, 1.82) is 0 Å². The molecule has 3 N–H and O–H groups in total. The summed E-state index contributed by atoms with van der Waals surface area (Å²) in [6.45, 7) is 4.26. The lowest BCUT2D eigenvalue weighted by molar-refractivity contribution is 0.243. The van der Waals surface area contributed by atoms with Crippen LogP contribution in [0.4, 0.5) is 22.2 Å². The number of nitrogens with one attached hydrogen (secondary N) is 3. The SMILES string of the molecule is CCCCc1ccc(NC(=O)N[C@H]2CC[C@@H](Nc3nc(N(C)C)c4ccccc4n3)CC2)c(C)c1. The highest BCUT2D eigenvalue weighted by atomic mass is 16.2. The monoisotopic (exact) mass is 474 g/mol. The van der Waals surface area contributed by atoms with E-state index in [1.165, 1.54) is 18.4 Å². The van der Waals surface area contributed by atoms with E-state index in [2.05, 4.69) is 48.0 Å². The van der Waals surface area contributed by atoms with Crippen molar-refractivity contribution in [3.63, 3.8) is 0 Å². The molecule has 7 heteroatoms. The summed E-state index contributed by atoms with van der Waals surface area (Å²) in [7, 11) is 4.01. The molecule has 2 aromatic carbocycles. The summed E-state index contributed by atoms with van der Waals surface area (Å²) in [4.78, 5) is 24.1. The molecule has 1 aliphatic rings. The Bertz CT molecular complexity index is 1150. The third kappa shape index (κ3) is 6.41. The number of carbonyl (C=O) groups is 1. The third-order valence-corrected chi connectivity index (χ3v) is 6.76. The fourth-order valence-corrected chi connectivity index (χ4v) is 4.78. The van der Waals surface area contributed by atoms with E-state index in [1.54, 1.807) is 0 Å². The van der Waals surface area contributed by atoms with E-state index in [0.29, 0.717) is 12.0 Å². The molecule has 1 saturated carbocycles. The maximum Gasteiger partial charge on any atom is 0.319 e. The summed E-state index contributed by atoms with van der Waals surface area (Å²) < 4.78 is 0. The maximum absolute atomic E-state index is 12.6. The number of hydrogen-bond acceptors (Lipinski definition) is 5. The number of carbonyl (C=O) groups excluding carboxylic acids is 1. The van der Waals surface area contributed by atoms with Crippen molar-refractivity contribution < 1.29 is 4.79 Å². The Morgan fingerprint density at radius 3 is 2.49 bits per heavy atom. The summed E-state index contributed by atoms with van der Waals surface area (Å²) in [6, 6.07) is 14.8. The summed E-state index contributed by atoms with van der Waals surface area (Å²) in [6.07, 6.45) is 7.23. The minimum absolute atomic E-state index is 0.126. The molecule has 0 aliphatic heterocycles. The van der Waals surface area contributed by atoms with Gasteiger partial charge in [-0.1, -0.05) is 37.6 Å². The van der Waals surface area contributed by atoms with E-state index < -0.39 is 0 Å². The first kappa shape index (κ1) is 24.8. The number of benzene rings is 2. The zero-order valence-corrected chi connectivity index (χ0v) is 21.4. The van der Waals surface area contributed by atoms with Crippen molar-refractivity contribution in [1.82, 2.24) is 15.3 Å². The summed E-state index contributed by atoms with van der Waals surface area (Å²) in [5, 5.41) is 10.8. The molecule has 0 spiro atoms. The van der Waals surface area contributed by atoms with E-state index in [1.807, 2.05) is 43.3 Å². The summed E-state index contributed by atoms with van der Waals surface area (Å²) in [5.41, 5.74) is 4.25. The number of para-hydroxylation sites is 1. The molecule has 0 saturated heterocycles. The molecule has 186 valence electrons. The number of fused-ring (bicyclic) bond motifs is 1. The number of unbranched alkanes of at least 4 members (excludes halogenated alkanes) is 1. The normalized spacial score (nSPS) is 17.7. The molecule has 1 fully saturated rings. The van der Waals surface area contributed by atoms with Crippen LogP contribution in [0.5, 0.6) is 0 Å². The highest BCUT2D eigenvalue weighted by Crippen LogP contribution is 2.26. The largest absolute Gasteiger partial charge is 0.362 e. The summed E-state index contributed by atoms with van der Waals surface area (Å²) >= 11 is 0. The van der Waals surface area contributed by atoms with Gasteiger partial charge < -0.3 is 20.9 Å². The zero-order valence-electron chi connectivity index (χ0n) is 21.4. The van der Waals surface area contributed by atoms with Crippen LogP contribution >= 0.6 is 0 Å². The number of rotatable bonds is 8. The van der Waals surface area contributed by atoms with Crippen LogP contribution < -0.4 is 20.9 Å².